The zero-order valence-electron chi connectivity index (χ0n) is 26.2. The Labute approximate surface area is 281 Å². The number of benzene rings is 2. The van der Waals surface area contributed by atoms with Crippen molar-refractivity contribution in [1.29, 1.82) is 0 Å². The molecule has 0 saturated carbocycles. The van der Waals surface area contributed by atoms with E-state index in [0.717, 1.165) is 79.0 Å². The quantitative estimate of drug-likeness (QED) is 0.249. The maximum atomic E-state index is 13.4. The molecule has 3 N–H and O–H groups in total. The Morgan fingerprint density at radius 1 is 0.938 bits per heavy atom. The number of imide groups is 2. The van der Waals surface area contributed by atoms with Crippen LogP contribution < -0.4 is 15.5 Å². The third-order valence-corrected chi connectivity index (χ3v) is 10.3. The topological polar surface area (TPSA) is 144 Å². The third kappa shape index (κ3) is 5.58. The fraction of sp³-hybridized carbons (Fsp3) is 0.371. The predicted molar refractivity (Wildman–Crippen MR) is 181 cm³/mol. The molecular weight excluding hydrogens is 632 g/mol. The molecule has 3 fully saturated rings. The summed E-state index contributed by atoms with van der Waals surface area (Å²) in [5.41, 5.74) is 4.19. The number of likely N-dealkylation sites (tertiary alicyclic amines) is 1. The number of halogens is 1. The lowest BCUT2D eigenvalue weighted by Gasteiger charge is -2.36. The molecule has 12 nitrogen and oxygen atoms in total. The van der Waals surface area contributed by atoms with Crippen LogP contribution in [-0.4, -0.2) is 93.2 Å². The third-order valence-electron chi connectivity index (χ3n) is 10.0. The Kier molecular flexibility index (Phi) is 7.84. The van der Waals surface area contributed by atoms with Crippen LogP contribution in [-0.2, 0) is 9.59 Å². The monoisotopic (exact) mass is 666 g/mol. The second-order valence-electron chi connectivity index (χ2n) is 13.2. The number of hydrogen-bond acceptors (Lipinski definition) is 9. The minimum atomic E-state index is -0.968. The van der Waals surface area contributed by atoms with Crippen LogP contribution in [0.25, 0.3) is 22.2 Å². The van der Waals surface area contributed by atoms with Crippen molar-refractivity contribution in [3.05, 3.63) is 71.0 Å². The number of amides is 4. The highest BCUT2D eigenvalue weighted by molar-refractivity contribution is 6.33. The van der Waals surface area contributed by atoms with Crippen LogP contribution in [0.5, 0.6) is 0 Å². The summed E-state index contributed by atoms with van der Waals surface area (Å²) in [4.78, 5) is 68.9. The molecule has 246 valence electrons. The summed E-state index contributed by atoms with van der Waals surface area (Å²) in [5, 5.41) is 7.35. The van der Waals surface area contributed by atoms with Crippen molar-refractivity contribution in [2.45, 2.75) is 44.2 Å². The van der Waals surface area contributed by atoms with E-state index in [0.29, 0.717) is 33.7 Å². The first-order chi connectivity index (χ1) is 23.3. The average molecular weight is 667 g/mol. The van der Waals surface area contributed by atoms with Crippen LogP contribution in [0.3, 0.4) is 0 Å². The van der Waals surface area contributed by atoms with Crippen LogP contribution in [0.2, 0.25) is 5.02 Å². The van der Waals surface area contributed by atoms with Gasteiger partial charge in [0.05, 0.1) is 28.0 Å². The number of nitrogens with one attached hydrogen (secondary N) is 3. The Bertz CT molecular complexity index is 1960. The van der Waals surface area contributed by atoms with Crippen LogP contribution in [0, 0.1) is 5.92 Å². The van der Waals surface area contributed by atoms with Gasteiger partial charge in [0.1, 0.15) is 6.04 Å². The predicted octanol–water partition coefficient (Wildman–Crippen LogP) is 4.08. The number of aromatic nitrogens is 3. The maximum Gasteiger partial charge on any atom is 0.262 e. The molecule has 0 spiro atoms. The molecule has 3 saturated heterocycles. The molecular formula is C35H35ClN8O4. The molecule has 0 radical (unpaired) electrons. The van der Waals surface area contributed by atoms with Gasteiger partial charge in [-0.25, -0.2) is 9.97 Å². The molecule has 8 rings (SSSR count). The summed E-state index contributed by atoms with van der Waals surface area (Å²) in [6.45, 7) is 4.54. The summed E-state index contributed by atoms with van der Waals surface area (Å²) in [6, 6.07) is 12.7. The molecule has 0 bridgehead atoms. The number of fused-ring (bicyclic) bond motifs is 2. The lowest BCUT2D eigenvalue weighted by molar-refractivity contribution is -0.136. The highest BCUT2D eigenvalue weighted by atomic mass is 35.5. The number of para-hydroxylation sites is 1. The molecule has 4 amide bonds. The first-order valence-electron chi connectivity index (χ1n) is 16.5. The molecule has 3 unspecified atom stereocenters. The molecule has 4 aromatic rings. The summed E-state index contributed by atoms with van der Waals surface area (Å²) in [5.74, 6) is -0.937. The SMILES string of the molecule is O=C1CCC(N2C(=O)c3ccc(N4CCCC(CN5CCC(Nc6ncc(Cl)c(-c7c[nH]c8ccccc78)n6)C5)C4)cc3C2=O)C(=O)N1. The number of piperidine rings is 2. The summed E-state index contributed by atoms with van der Waals surface area (Å²) >= 11 is 6.54. The van der Waals surface area contributed by atoms with Crippen LogP contribution in [0.1, 0.15) is 52.8 Å². The number of aromatic amines is 1. The fourth-order valence-electron chi connectivity index (χ4n) is 7.66. The molecule has 13 heteroatoms. The van der Waals surface area contributed by atoms with Gasteiger partial charge in [0.25, 0.3) is 11.8 Å². The van der Waals surface area contributed by atoms with Crippen molar-refractivity contribution < 1.29 is 19.2 Å². The normalized spacial score (nSPS) is 23.2. The van der Waals surface area contributed by atoms with Crippen molar-refractivity contribution in [2.24, 2.45) is 5.92 Å². The summed E-state index contributed by atoms with van der Waals surface area (Å²) in [6.07, 6.45) is 6.96. The van der Waals surface area contributed by atoms with Crippen molar-refractivity contribution in [3.63, 3.8) is 0 Å². The molecule has 4 aliphatic rings. The van der Waals surface area contributed by atoms with Gasteiger partial charge in [-0.1, -0.05) is 29.8 Å². The molecule has 2 aromatic carbocycles. The second-order valence-corrected chi connectivity index (χ2v) is 13.6. The van der Waals surface area contributed by atoms with Gasteiger partial charge in [-0.15, -0.1) is 0 Å². The molecule has 0 aliphatic carbocycles. The van der Waals surface area contributed by atoms with E-state index >= 15 is 0 Å². The van der Waals surface area contributed by atoms with Crippen molar-refractivity contribution >= 4 is 57.8 Å². The number of carbonyl (C=O) groups excluding carboxylic acids is 4. The minimum Gasteiger partial charge on any atom is -0.371 e. The standard InChI is InChI=1S/C35H35ClN8O4/c36-27-16-38-35(41-31(27)26-15-37-28-6-2-1-5-23(26)28)39-21-11-13-42(19-21)17-20-4-3-12-43(18-20)22-7-8-24-25(14-22)34(48)44(33(24)47)29-9-10-30(45)40-32(29)46/h1-2,5-8,14-16,20-21,29,37H,3-4,9-13,17-19H2,(H,38,39,41)(H,40,45,46). The number of anilines is 2. The largest absolute Gasteiger partial charge is 0.371 e. The van der Waals surface area contributed by atoms with Crippen molar-refractivity contribution in [2.75, 3.05) is 42.9 Å². The lowest BCUT2D eigenvalue weighted by atomic mass is 9.96. The Balaban J connectivity index is 0.895. The molecule has 4 aliphatic heterocycles. The Hall–Kier alpha value is -4.81. The molecule has 3 atom stereocenters. The smallest absolute Gasteiger partial charge is 0.262 e. The highest BCUT2D eigenvalue weighted by Gasteiger charge is 2.45. The zero-order chi connectivity index (χ0) is 32.9. The summed E-state index contributed by atoms with van der Waals surface area (Å²) in [7, 11) is 0. The second kappa shape index (κ2) is 12.3. The van der Waals surface area contributed by atoms with Crippen LogP contribution >= 0.6 is 11.6 Å². The number of H-pyrrole nitrogens is 1. The van der Waals surface area contributed by atoms with E-state index in [9.17, 15) is 19.2 Å². The number of carbonyl (C=O) groups is 4. The van der Waals surface area contributed by atoms with Gasteiger partial charge in [0, 0.05) is 73.5 Å². The number of hydrogen-bond donors (Lipinski definition) is 3. The molecule has 48 heavy (non-hydrogen) atoms. The van der Waals surface area contributed by atoms with Crippen LogP contribution in [0.4, 0.5) is 11.6 Å². The van der Waals surface area contributed by atoms with E-state index in [1.165, 1.54) is 0 Å². The highest BCUT2D eigenvalue weighted by Crippen LogP contribution is 2.34. The summed E-state index contributed by atoms with van der Waals surface area (Å²) < 4.78 is 0. The van der Waals surface area contributed by atoms with Gasteiger partial charge in [0.15, 0.2) is 0 Å². The average Bonchev–Trinajstić information content (AvgIpc) is 3.78. The van der Waals surface area contributed by atoms with E-state index in [1.54, 1.807) is 18.3 Å². The van der Waals surface area contributed by atoms with Gasteiger partial charge in [0.2, 0.25) is 17.8 Å². The lowest BCUT2D eigenvalue weighted by Crippen LogP contribution is -2.54. The van der Waals surface area contributed by atoms with Crippen molar-refractivity contribution in [3.8, 4) is 11.3 Å². The molecule has 2 aromatic heterocycles. The molecule has 6 heterocycles. The maximum absolute atomic E-state index is 13.4. The van der Waals surface area contributed by atoms with E-state index in [1.807, 2.05) is 30.5 Å². The number of rotatable bonds is 7. The van der Waals surface area contributed by atoms with E-state index < -0.39 is 23.8 Å². The minimum absolute atomic E-state index is 0.0969. The van der Waals surface area contributed by atoms with Crippen LogP contribution in [0.15, 0.2) is 54.9 Å². The Morgan fingerprint density at radius 3 is 2.67 bits per heavy atom. The van der Waals surface area contributed by atoms with E-state index in [4.69, 9.17) is 16.6 Å². The first-order valence-corrected chi connectivity index (χ1v) is 16.9. The van der Waals surface area contributed by atoms with E-state index in [-0.39, 0.29) is 24.8 Å². The van der Waals surface area contributed by atoms with Gasteiger partial charge < -0.3 is 20.1 Å². The fourth-order valence-corrected chi connectivity index (χ4v) is 7.85. The Morgan fingerprint density at radius 2 is 1.79 bits per heavy atom. The van der Waals surface area contributed by atoms with E-state index in [2.05, 4.69) is 36.5 Å². The van der Waals surface area contributed by atoms with Gasteiger partial charge in [-0.3, -0.25) is 29.4 Å². The van der Waals surface area contributed by atoms with Gasteiger partial charge in [-0.2, -0.15) is 0 Å². The first kappa shape index (κ1) is 30.5. The van der Waals surface area contributed by atoms with Gasteiger partial charge >= 0.3 is 0 Å². The van der Waals surface area contributed by atoms with Crippen molar-refractivity contribution in [1.82, 2.24) is 30.1 Å². The number of nitrogens with zero attached hydrogens (tertiary/aromatic N) is 5. The zero-order valence-corrected chi connectivity index (χ0v) is 27.0. The van der Waals surface area contributed by atoms with Gasteiger partial charge in [-0.05, 0) is 55.9 Å².